The Bertz CT molecular complexity index is 350. The Morgan fingerprint density at radius 2 is 1.93 bits per heavy atom. The molecule has 0 radical (unpaired) electrons. The van der Waals surface area contributed by atoms with E-state index in [0.717, 1.165) is 0 Å². The summed E-state index contributed by atoms with van der Waals surface area (Å²) in [5.41, 5.74) is 5.47. The smallest absolute Gasteiger partial charge is 0.0760 e. The van der Waals surface area contributed by atoms with Gasteiger partial charge in [-0.25, -0.2) is 0 Å². The lowest BCUT2D eigenvalue weighted by molar-refractivity contribution is 0.641. The maximum Gasteiger partial charge on any atom is 0.0760 e. The van der Waals surface area contributed by atoms with Crippen molar-refractivity contribution in [2.24, 2.45) is 11.7 Å². The van der Waals surface area contributed by atoms with Gasteiger partial charge in [0.2, 0.25) is 0 Å². The second kappa shape index (κ2) is 5.85. The van der Waals surface area contributed by atoms with Crippen molar-refractivity contribution in [2.45, 2.75) is 11.8 Å². The maximum absolute atomic E-state index is 11.9. The first-order chi connectivity index (χ1) is 7.06. The first-order valence-electron chi connectivity index (χ1n) is 4.58. The SMILES string of the molecule is CC(CN)CS(=O)c1c(Cl)cccc1Cl. The number of benzene rings is 1. The summed E-state index contributed by atoms with van der Waals surface area (Å²) in [6.07, 6.45) is 0. The van der Waals surface area contributed by atoms with Crippen LogP contribution in [0.25, 0.3) is 0 Å². The molecule has 0 heterocycles. The molecule has 1 aromatic carbocycles. The number of nitrogens with two attached hydrogens (primary N) is 1. The van der Waals surface area contributed by atoms with Gasteiger partial charge in [0.1, 0.15) is 0 Å². The molecule has 0 aromatic heterocycles. The van der Waals surface area contributed by atoms with Crippen LogP contribution in [0.15, 0.2) is 23.1 Å². The molecule has 0 bridgehead atoms. The van der Waals surface area contributed by atoms with E-state index >= 15 is 0 Å². The van der Waals surface area contributed by atoms with Crippen LogP contribution in [-0.2, 0) is 10.8 Å². The van der Waals surface area contributed by atoms with Crippen molar-refractivity contribution in [1.29, 1.82) is 0 Å². The highest BCUT2D eigenvalue weighted by Crippen LogP contribution is 2.28. The Morgan fingerprint density at radius 1 is 1.40 bits per heavy atom. The predicted octanol–water partition coefficient (Wildman–Crippen LogP) is 2.70. The molecule has 15 heavy (non-hydrogen) atoms. The van der Waals surface area contributed by atoms with Crippen LogP contribution in [0, 0.1) is 5.92 Å². The lowest BCUT2D eigenvalue weighted by atomic mass is 10.2. The van der Waals surface area contributed by atoms with Gasteiger partial charge in [-0.05, 0) is 24.6 Å². The molecule has 0 aliphatic carbocycles. The minimum absolute atomic E-state index is 0.193. The first kappa shape index (κ1) is 13.0. The maximum atomic E-state index is 11.9. The van der Waals surface area contributed by atoms with E-state index in [1.54, 1.807) is 18.2 Å². The molecule has 0 fully saturated rings. The topological polar surface area (TPSA) is 43.1 Å². The monoisotopic (exact) mass is 265 g/mol. The van der Waals surface area contributed by atoms with Crippen LogP contribution in [0.2, 0.25) is 10.0 Å². The number of hydrogen-bond donors (Lipinski definition) is 1. The predicted molar refractivity (Wildman–Crippen MR) is 66.0 cm³/mol. The molecular weight excluding hydrogens is 253 g/mol. The molecule has 0 aliphatic heterocycles. The third-order valence-corrected chi connectivity index (χ3v) is 4.61. The minimum Gasteiger partial charge on any atom is -0.330 e. The number of hydrogen-bond acceptors (Lipinski definition) is 2. The van der Waals surface area contributed by atoms with Crippen molar-refractivity contribution in [3.63, 3.8) is 0 Å². The normalized spacial score (nSPS) is 14.9. The molecule has 84 valence electrons. The van der Waals surface area contributed by atoms with Crippen LogP contribution >= 0.6 is 23.2 Å². The zero-order valence-electron chi connectivity index (χ0n) is 8.37. The molecule has 0 spiro atoms. The summed E-state index contributed by atoms with van der Waals surface area (Å²) in [4.78, 5) is 0.515. The summed E-state index contributed by atoms with van der Waals surface area (Å²) >= 11 is 11.9. The van der Waals surface area contributed by atoms with Gasteiger partial charge in [0.25, 0.3) is 0 Å². The first-order valence-corrected chi connectivity index (χ1v) is 6.66. The van der Waals surface area contributed by atoms with Gasteiger partial charge in [-0.3, -0.25) is 4.21 Å². The molecule has 5 heteroatoms. The molecule has 0 amide bonds. The number of halogens is 2. The second-order valence-corrected chi connectivity index (χ2v) is 5.65. The quantitative estimate of drug-likeness (QED) is 0.910. The average molecular weight is 266 g/mol. The van der Waals surface area contributed by atoms with Crippen molar-refractivity contribution in [1.82, 2.24) is 0 Å². The molecule has 0 saturated heterocycles. The Balaban J connectivity index is 2.91. The van der Waals surface area contributed by atoms with Crippen molar-refractivity contribution in [2.75, 3.05) is 12.3 Å². The van der Waals surface area contributed by atoms with Gasteiger partial charge >= 0.3 is 0 Å². The zero-order valence-corrected chi connectivity index (χ0v) is 10.7. The summed E-state index contributed by atoms with van der Waals surface area (Å²) in [5, 5.41) is 0.898. The molecule has 2 nitrogen and oxygen atoms in total. The van der Waals surface area contributed by atoms with Gasteiger partial charge in [-0.1, -0.05) is 36.2 Å². The van der Waals surface area contributed by atoms with E-state index in [-0.39, 0.29) is 5.92 Å². The van der Waals surface area contributed by atoms with Crippen molar-refractivity contribution in [3.05, 3.63) is 28.2 Å². The third-order valence-electron chi connectivity index (χ3n) is 1.98. The van der Waals surface area contributed by atoms with Crippen molar-refractivity contribution in [3.8, 4) is 0 Å². The summed E-state index contributed by atoms with van der Waals surface area (Å²) in [6.45, 7) is 2.45. The molecule has 2 N–H and O–H groups in total. The van der Waals surface area contributed by atoms with Gasteiger partial charge in [-0.2, -0.15) is 0 Å². The van der Waals surface area contributed by atoms with E-state index in [1.807, 2.05) is 6.92 Å². The highest BCUT2D eigenvalue weighted by Gasteiger charge is 2.15. The van der Waals surface area contributed by atoms with E-state index in [2.05, 4.69) is 0 Å². The van der Waals surface area contributed by atoms with Gasteiger partial charge in [-0.15, -0.1) is 0 Å². The third kappa shape index (κ3) is 3.45. The van der Waals surface area contributed by atoms with Crippen LogP contribution < -0.4 is 5.73 Å². The molecule has 2 unspecified atom stereocenters. The van der Waals surface area contributed by atoms with Crippen LogP contribution in [-0.4, -0.2) is 16.5 Å². The standard InChI is InChI=1S/C10H13Cl2NOS/c1-7(5-13)6-15(14)10-8(11)3-2-4-9(10)12/h2-4,7H,5-6,13H2,1H3. The zero-order chi connectivity index (χ0) is 11.4. The van der Waals surface area contributed by atoms with Crippen LogP contribution in [0.3, 0.4) is 0 Å². The summed E-state index contributed by atoms with van der Waals surface area (Å²) in [6, 6.07) is 5.11. The van der Waals surface area contributed by atoms with Gasteiger partial charge in [0.15, 0.2) is 0 Å². The molecule has 2 atom stereocenters. The van der Waals surface area contributed by atoms with Crippen molar-refractivity contribution >= 4 is 34.0 Å². The van der Waals surface area contributed by atoms with Gasteiger partial charge < -0.3 is 5.73 Å². The lowest BCUT2D eigenvalue weighted by Gasteiger charge is -2.10. The summed E-state index contributed by atoms with van der Waals surface area (Å²) in [7, 11) is -1.18. The fourth-order valence-electron chi connectivity index (χ4n) is 1.11. The lowest BCUT2D eigenvalue weighted by Crippen LogP contribution is -2.18. The van der Waals surface area contributed by atoms with Crippen LogP contribution in [0.5, 0.6) is 0 Å². The molecule has 1 rings (SSSR count). The number of rotatable bonds is 4. The van der Waals surface area contributed by atoms with Gasteiger partial charge in [0, 0.05) is 5.75 Å². The van der Waals surface area contributed by atoms with E-state index in [1.165, 1.54) is 0 Å². The summed E-state index contributed by atoms with van der Waals surface area (Å²) in [5.74, 6) is 0.679. The van der Waals surface area contributed by atoms with Gasteiger partial charge in [0.05, 0.1) is 25.7 Å². The fraction of sp³-hybridized carbons (Fsp3) is 0.400. The highest BCUT2D eigenvalue weighted by atomic mass is 35.5. The Kier molecular flexibility index (Phi) is 5.06. The second-order valence-electron chi connectivity index (χ2n) is 3.40. The van der Waals surface area contributed by atoms with E-state index < -0.39 is 10.8 Å². The van der Waals surface area contributed by atoms with E-state index in [9.17, 15) is 4.21 Å². The van der Waals surface area contributed by atoms with Crippen LogP contribution in [0.1, 0.15) is 6.92 Å². The van der Waals surface area contributed by atoms with Crippen molar-refractivity contribution < 1.29 is 4.21 Å². The minimum atomic E-state index is -1.18. The average Bonchev–Trinajstić information content (AvgIpc) is 2.17. The highest BCUT2D eigenvalue weighted by molar-refractivity contribution is 7.85. The molecular formula is C10H13Cl2NOS. The Morgan fingerprint density at radius 3 is 2.40 bits per heavy atom. The Hall–Kier alpha value is -0.0900. The van der Waals surface area contributed by atoms with E-state index in [4.69, 9.17) is 28.9 Å². The fourth-order valence-corrected chi connectivity index (χ4v) is 3.41. The van der Waals surface area contributed by atoms with Crippen LogP contribution in [0.4, 0.5) is 0 Å². The Labute approximate surface area is 102 Å². The van der Waals surface area contributed by atoms with E-state index in [0.29, 0.717) is 27.2 Å². The largest absolute Gasteiger partial charge is 0.330 e. The summed E-state index contributed by atoms with van der Waals surface area (Å²) < 4.78 is 11.9. The molecule has 1 aromatic rings. The molecule has 0 saturated carbocycles. The molecule has 0 aliphatic rings.